The Bertz CT molecular complexity index is 1820. The molecule has 3 aromatic rings. The lowest BCUT2D eigenvalue weighted by atomic mass is 9.89. The third kappa shape index (κ3) is 9.24. The molecule has 3 atom stereocenters. The number of piperidine rings is 2. The number of fused-ring (bicyclic) bond motifs is 1. The number of ether oxygens (including phenoxy) is 1. The summed E-state index contributed by atoms with van der Waals surface area (Å²) in [6, 6.07) is 16.8. The van der Waals surface area contributed by atoms with Gasteiger partial charge in [0, 0.05) is 35.8 Å². The van der Waals surface area contributed by atoms with Gasteiger partial charge < -0.3 is 35.6 Å². The smallest absolute Gasteiger partial charge is 0.410 e. The van der Waals surface area contributed by atoms with Crippen molar-refractivity contribution in [3.63, 3.8) is 0 Å². The molecular formula is C42H54FN5O4. The van der Waals surface area contributed by atoms with Crippen LogP contribution in [0.1, 0.15) is 86.5 Å². The third-order valence-electron chi connectivity index (χ3n) is 10.6. The van der Waals surface area contributed by atoms with E-state index in [1.807, 2.05) is 38.1 Å². The number of alkyl halides is 1. The highest BCUT2D eigenvalue weighted by atomic mass is 19.1. The number of carbonyl (C=O) groups is 2. The SMILES string of the molecule is Cc1ccc(N[C@H]2CN(C(=O)OC(C)(C)C)C[C@@H]2F)cc1C(=O)N[C@H](C)c1ccc(C#CC2CCN(CC3(O)CCNCC3)CC2)c2ccccc12. The minimum absolute atomic E-state index is 0.0503. The molecule has 3 heterocycles. The molecule has 0 bridgehead atoms. The highest BCUT2D eigenvalue weighted by Crippen LogP contribution is 2.29. The summed E-state index contributed by atoms with van der Waals surface area (Å²) in [5.74, 6) is 7.13. The average Bonchev–Trinajstić information content (AvgIpc) is 3.47. The number of likely N-dealkylation sites (tertiary alicyclic amines) is 2. The van der Waals surface area contributed by atoms with Crippen molar-refractivity contribution in [2.75, 3.05) is 51.1 Å². The summed E-state index contributed by atoms with van der Waals surface area (Å²) in [7, 11) is 0. The number of carbonyl (C=O) groups excluding carboxylic acids is 2. The highest BCUT2D eigenvalue weighted by Gasteiger charge is 2.37. The largest absolute Gasteiger partial charge is 0.444 e. The molecule has 0 saturated carbocycles. The fourth-order valence-electron chi connectivity index (χ4n) is 7.59. The lowest BCUT2D eigenvalue weighted by Crippen LogP contribution is -2.51. The van der Waals surface area contributed by atoms with Crippen LogP contribution in [0.15, 0.2) is 54.6 Å². The number of aryl methyl sites for hydroxylation is 1. The number of nitrogens with one attached hydrogen (secondary N) is 3. The standard InChI is InChI=1S/C42H54FN5O4/c1-28-10-14-32(46-38-26-48(25-37(38)43)40(50)52-41(3,4)5)24-36(28)39(49)45-29(2)33-15-13-31(34-8-6-7-9-35(33)34)12-11-30-16-22-47(23-17-30)27-42(51)18-20-44-21-19-42/h6-10,13-15,24,29-30,37-38,44,46,51H,16-23,25-27H2,1-5H3,(H,45,49)/t29-,37+,38+/m1/s1. The van der Waals surface area contributed by atoms with Crippen LogP contribution in [-0.4, -0.2) is 96.1 Å². The number of aliphatic hydroxyl groups is 1. The Morgan fingerprint density at radius 1 is 1.06 bits per heavy atom. The first kappa shape index (κ1) is 37.6. The van der Waals surface area contributed by atoms with Gasteiger partial charge in [-0.1, -0.05) is 48.2 Å². The lowest BCUT2D eigenvalue weighted by Gasteiger charge is -2.39. The van der Waals surface area contributed by atoms with E-state index in [0.29, 0.717) is 17.2 Å². The molecule has 3 fully saturated rings. The van der Waals surface area contributed by atoms with E-state index in [0.717, 1.165) is 85.9 Å². The van der Waals surface area contributed by atoms with Crippen molar-refractivity contribution in [1.82, 2.24) is 20.4 Å². The van der Waals surface area contributed by atoms with Crippen molar-refractivity contribution in [1.29, 1.82) is 0 Å². The Morgan fingerprint density at radius 3 is 2.48 bits per heavy atom. The minimum Gasteiger partial charge on any atom is -0.444 e. The fourth-order valence-corrected chi connectivity index (χ4v) is 7.59. The number of rotatable bonds is 7. The Morgan fingerprint density at radius 2 is 1.77 bits per heavy atom. The molecule has 2 amide bonds. The monoisotopic (exact) mass is 711 g/mol. The summed E-state index contributed by atoms with van der Waals surface area (Å²) in [4.78, 5) is 30.0. The van der Waals surface area contributed by atoms with Crippen LogP contribution >= 0.6 is 0 Å². The van der Waals surface area contributed by atoms with Crippen molar-refractivity contribution in [3.8, 4) is 11.8 Å². The van der Waals surface area contributed by atoms with Gasteiger partial charge in [-0.05, 0) is 127 Å². The summed E-state index contributed by atoms with van der Waals surface area (Å²) in [5.41, 5.74) is 2.64. The predicted molar refractivity (Wildman–Crippen MR) is 204 cm³/mol. The molecule has 10 heteroatoms. The van der Waals surface area contributed by atoms with E-state index >= 15 is 4.39 Å². The van der Waals surface area contributed by atoms with Gasteiger partial charge in [0.1, 0.15) is 11.8 Å². The van der Waals surface area contributed by atoms with Crippen LogP contribution in [0.4, 0.5) is 14.9 Å². The van der Waals surface area contributed by atoms with Crippen LogP contribution in [0.25, 0.3) is 10.8 Å². The van der Waals surface area contributed by atoms with Gasteiger partial charge in [0.15, 0.2) is 0 Å². The van der Waals surface area contributed by atoms with Gasteiger partial charge in [-0.15, -0.1) is 0 Å². The number of β-amino-alcohol motifs (C(OH)–C–C–N with tert-alkyl or cyclic N) is 1. The normalized spacial score (nSPS) is 21.6. The number of amides is 2. The average molecular weight is 712 g/mol. The molecule has 0 unspecified atom stereocenters. The van der Waals surface area contributed by atoms with E-state index in [9.17, 15) is 14.7 Å². The number of benzene rings is 3. The molecule has 3 aliphatic heterocycles. The lowest BCUT2D eigenvalue weighted by molar-refractivity contribution is -0.0261. The molecule has 52 heavy (non-hydrogen) atoms. The van der Waals surface area contributed by atoms with Gasteiger partial charge in [0.2, 0.25) is 0 Å². The van der Waals surface area contributed by atoms with Crippen LogP contribution in [0, 0.1) is 24.7 Å². The van der Waals surface area contributed by atoms with Gasteiger partial charge >= 0.3 is 6.09 Å². The van der Waals surface area contributed by atoms with Gasteiger partial charge in [-0.2, -0.15) is 0 Å². The van der Waals surface area contributed by atoms with Crippen molar-refractivity contribution in [3.05, 3.63) is 76.9 Å². The van der Waals surface area contributed by atoms with Crippen LogP contribution < -0.4 is 16.0 Å². The summed E-state index contributed by atoms with van der Waals surface area (Å²) >= 11 is 0. The second-order valence-electron chi connectivity index (χ2n) is 15.9. The number of anilines is 1. The Balaban J connectivity index is 1.09. The van der Waals surface area contributed by atoms with E-state index in [1.54, 1.807) is 26.8 Å². The van der Waals surface area contributed by atoms with Crippen LogP contribution in [0.3, 0.4) is 0 Å². The van der Waals surface area contributed by atoms with Gasteiger partial charge in [-0.3, -0.25) is 4.79 Å². The summed E-state index contributed by atoms with van der Waals surface area (Å²) < 4.78 is 20.4. The first-order valence-electron chi connectivity index (χ1n) is 18.8. The molecule has 0 radical (unpaired) electrons. The molecule has 3 aromatic carbocycles. The molecule has 6 rings (SSSR count). The molecule has 278 valence electrons. The molecule has 3 aliphatic rings. The minimum atomic E-state index is -1.27. The van der Waals surface area contributed by atoms with E-state index in [2.05, 4.69) is 57.0 Å². The van der Waals surface area contributed by atoms with Crippen molar-refractivity contribution in [2.24, 2.45) is 5.92 Å². The Labute approximate surface area is 307 Å². The zero-order valence-electron chi connectivity index (χ0n) is 31.2. The van der Waals surface area contributed by atoms with Crippen LogP contribution in [0.2, 0.25) is 0 Å². The summed E-state index contributed by atoms with van der Waals surface area (Å²) in [6.45, 7) is 13.7. The van der Waals surface area contributed by atoms with Crippen molar-refractivity contribution < 1.29 is 23.8 Å². The first-order valence-corrected chi connectivity index (χ1v) is 18.8. The van der Waals surface area contributed by atoms with Crippen molar-refractivity contribution in [2.45, 2.75) is 89.8 Å². The Kier molecular flexibility index (Phi) is 11.4. The Hall–Kier alpha value is -4.17. The summed E-state index contributed by atoms with van der Waals surface area (Å²) in [5, 5.41) is 22.8. The van der Waals surface area contributed by atoms with E-state index in [1.165, 1.54) is 4.90 Å². The second kappa shape index (κ2) is 15.8. The van der Waals surface area contributed by atoms with E-state index in [4.69, 9.17) is 4.74 Å². The van der Waals surface area contributed by atoms with Gasteiger partial charge in [0.25, 0.3) is 5.91 Å². The number of nitrogens with zero attached hydrogens (tertiary/aromatic N) is 2. The summed E-state index contributed by atoms with van der Waals surface area (Å²) in [6.07, 6.45) is 1.80. The van der Waals surface area contributed by atoms with Crippen LogP contribution in [0.5, 0.6) is 0 Å². The molecule has 3 saturated heterocycles. The molecule has 0 spiro atoms. The predicted octanol–water partition coefficient (Wildman–Crippen LogP) is 6.19. The van der Waals surface area contributed by atoms with Gasteiger partial charge in [0.05, 0.1) is 24.2 Å². The maximum Gasteiger partial charge on any atom is 0.410 e. The molecule has 0 aliphatic carbocycles. The maximum absolute atomic E-state index is 15.0. The topological polar surface area (TPSA) is 106 Å². The molecule has 0 aromatic heterocycles. The number of hydrogen-bond donors (Lipinski definition) is 4. The number of hydrogen-bond acceptors (Lipinski definition) is 7. The van der Waals surface area contributed by atoms with Gasteiger partial charge in [-0.25, -0.2) is 9.18 Å². The molecule has 9 nitrogen and oxygen atoms in total. The third-order valence-corrected chi connectivity index (χ3v) is 10.6. The highest BCUT2D eigenvalue weighted by molar-refractivity contribution is 5.97. The van der Waals surface area contributed by atoms with E-state index < -0.39 is 29.5 Å². The zero-order chi connectivity index (χ0) is 37.0. The van der Waals surface area contributed by atoms with E-state index in [-0.39, 0.29) is 25.0 Å². The number of halogens is 1. The maximum atomic E-state index is 15.0. The van der Waals surface area contributed by atoms with Crippen LogP contribution in [-0.2, 0) is 4.74 Å². The first-order chi connectivity index (χ1) is 24.8. The molecular weight excluding hydrogens is 657 g/mol. The quantitative estimate of drug-likeness (QED) is 0.217. The molecule has 4 N–H and O–H groups in total. The van der Waals surface area contributed by atoms with Crippen molar-refractivity contribution >= 4 is 28.5 Å². The fraction of sp³-hybridized carbons (Fsp3) is 0.524. The second-order valence-corrected chi connectivity index (χ2v) is 15.9. The zero-order valence-corrected chi connectivity index (χ0v) is 31.2.